The molecule has 86 valence electrons. The maximum absolute atomic E-state index is 11.2. The monoisotopic (exact) mass is 231 g/mol. The van der Waals surface area contributed by atoms with Crippen LogP contribution in [-0.2, 0) is 4.74 Å². The number of hydrogen-bond acceptors (Lipinski definition) is 5. The van der Waals surface area contributed by atoms with Gasteiger partial charge in [-0.25, -0.2) is 14.7 Å². The molecule has 2 rings (SSSR count). The first-order chi connectivity index (χ1) is 8.20. The SMILES string of the molecule is COC(=O)c1ccc(-c2cnc(=O)[nH]n2)cc1. The molecule has 1 aromatic heterocycles. The molecule has 0 aliphatic heterocycles. The van der Waals surface area contributed by atoms with E-state index in [0.29, 0.717) is 11.3 Å². The zero-order valence-electron chi connectivity index (χ0n) is 9.01. The normalized spacial score (nSPS) is 9.94. The molecule has 6 heteroatoms. The number of hydrogen-bond donors (Lipinski definition) is 1. The second-order valence-electron chi connectivity index (χ2n) is 3.24. The summed E-state index contributed by atoms with van der Waals surface area (Å²) in [6.07, 6.45) is 1.37. The number of aromatic nitrogens is 3. The number of aromatic amines is 1. The van der Waals surface area contributed by atoms with Gasteiger partial charge in [-0.1, -0.05) is 12.1 Å². The number of ether oxygens (including phenoxy) is 1. The molecule has 0 spiro atoms. The van der Waals surface area contributed by atoms with Gasteiger partial charge in [0.2, 0.25) is 0 Å². The Morgan fingerprint density at radius 2 is 2.00 bits per heavy atom. The van der Waals surface area contributed by atoms with Crippen LogP contribution in [0.3, 0.4) is 0 Å². The van der Waals surface area contributed by atoms with Crippen LogP contribution in [0.4, 0.5) is 0 Å². The van der Waals surface area contributed by atoms with Crippen molar-refractivity contribution in [1.82, 2.24) is 15.2 Å². The van der Waals surface area contributed by atoms with Crippen LogP contribution in [0.2, 0.25) is 0 Å². The zero-order chi connectivity index (χ0) is 12.3. The smallest absolute Gasteiger partial charge is 0.361 e. The van der Waals surface area contributed by atoms with E-state index in [1.807, 2.05) is 0 Å². The van der Waals surface area contributed by atoms with E-state index in [2.05, 4.69) is 19.9 Å². The van der Waals surface area contributed by atoms with Crippen molar-refractivity contribution in [3.8, 4) is 11.3 Å². The van der Waals surface area contributed by atoms with Crippen molar-refractivity contribution in [2.45, 2.75) is 0 Å². The molecule has 0 bridgehead atoms. The van der Waals surface area contributed by atoms with Crippen molar-refractivity contribution in [3.63, 3.8) is 0 Å². The van der Waals surface area contributed by atoms with Gasteiger partial charge in [0.25, 0.3) is 0 Å². The fourth-order valence-electron chi connectivity index (χ4n) is 1.32. The molecule has 1 aromatic carbocycles. The van der Waals surface area contributed by atoms with Gasteiger partial charge in [-0.2, -0.15) is 10.1 Å². The number of nitrogens with zero attached hydrogens (tertiary/aromatic N) is 2. The van der Waals surface area contributed by atoms with Crippen LogP contribution in [0.25, 0.3) is 11.3 Å². The number of benzene rings is 1. The highest BCUT2D eigenvalue weighted by molar-refractivity contribution is 5.89. The molecule has 0 fully saturated rings. The predicted molar refractivity (Wildman–Crippen MR) is 59.4 cm³/mol. The summed E-state index contributed by atoms with van der Waals surface area (Å²) in [6, 6.07) is 6.64. The molecule has 0 atom stereocenters. The minimum absolute atomic E-state index is 0.399. The molecule has 17 heavy (non-hydrogen) atoms. The third-order valence-corrected chi connectivity index (χ3v) is 2.18. The number of carbonyl (C=O) groups is 1. The lowest BCUT2D eigenvalue weighted by molar-refractivity contribution is 0.0601. The number of esters is 1. The van der Waals surface area contributed by atoms with Crippen molar-refractivity contribution in [2.75, 3.05) is 7.11 Å². The standard InChI is InChI=1S/C11H9N3O3/c1-17-10(15)8-4-2-7(3-5-8)9-6-12-11(16)14-13-9/h2-6H,1H3,(H,12,14,16). The highest BCUT2D eigenvalue weighted by Crippen LogP contribution is 2.15. The van der Waals surface area contributed by atoms with Crippen LogP contribution >= 0.6 is 0 Å². The number of methoxy groups -OCH3 is 1. The third kappa shape index (κ3) is 2.36. The van der Waals surface area contributed by atoms with Crippen molar-refractivity contribution < 1.29 is 9.53 Å². The van der Waals surface area contributed by atoms with Gasteiger partial charge < -0.3 is 4.74 Å². The van der Waals surface area contributed by atoms with Gasteiger partial charge in [-0.3, -0.25) is 0 Å². The van der Waals surface area contributed by atoms with Gasteiger partial charge >= 0.3 is 11.7 Å². The molecule has 0 radical (unpaired) electrons. The van der Waals surface area contributed by atoms with E-state index in [0.717, 1.165) is 5.56 Å². The van der Waals surface area contributed by atoms with Gasteiger partial charge in [0.05, 0.1) is 18.9 Å². The molecule has 0 saturated carbocycles. The average molecular weight is 231 g/mol. The van der Waals surface area contributed by atoms with Gasteiger partial charge in [-0.05, 0) is 12.1 Å². The van der Waals surface area contributed by atoms with Crippen LogP contribution in [0.1, 0.15) is 10.4 Å². The molecule has 6 nitrogen and oxygen atoms in total. The first-order valence-corrected chi connectivity index (χ1v) is 4.81. The lowest BCUT2D eigenvalue weighted by atomic mass is 10.1. The molecular formula is C11H9N3O3. The maximum Gasteiger partial charge on any atom is 0.361 e. The second kappa shape index (κ2) is 4.56. The zero-order valence-corrected chi connectivity index (χ0v) is 9.01. The first-order valence-electron chi connectivity index (χ1n) is 4.81. The van der Waals surface area contributed by atoms with E-state index in [-0.39, 0.29) is 0 Å². The molecule has 0 amide bonds. The Morgan fingerprint density at radius 3 is 2.53 bits per heavy atom. The molecule has 0 aliphatic carbocycles. The van der Waals surface area contributed by atoms with Gasteiger partial charge in [0, 0.05) is 5.56 Å². The van der Waals surface area contributed by atoms with Crippen molar-refractivity contribution in [3.05, 3.63) is 46.5 Å². The molecule has 0 unspecified atom stereocenters. The molecule has 1 N–H and O–H groups in total. The van der Waals surface area contributed by atoms with E-state index >= 15 is 0 Å². The molecule has 2 aromatic rings. The van der Waals surface area contributed by atoms with E-state index in [9.17, 15) is 9.59 Å². The average Bonchev–Trinajstić information content (AvgIpc) is 2.39. The second-order valence-corrected chi connectivity index (χ2v) is 3.24. The Hall–Kier alpha value is -2.50. The summed E-state index contributed by atoms with van der Waals surface area (Å²) in [5.41, 5.74) is 1.23. The molecule has 0 aliphatic rings. The van der Waals surface area contributed by atoms with Crippen molar-refractivity contribution in [2.24, 2.45) is 0 Å². The topological polar surface area (TPSA) is 84.9 Å². The highest BCUT2D eigenvalue weighted by atomic mass is 16.5. The van der Waals surface area contributed by atoms with Crippen LogP contribution in [-0.4, -0.2) is 28.3 Å². The Bertz CT molecular complexity index is 569. The maximum atomic E-state index is 11.2. The lowest BCUT2D eigenvalue weighted by Crippen LogP contribution is -2.11. The van der Waals surface area contributed by atoms with Crippen LogP contribution < -0.4 is 5.69 Å². The van der Waals surface area contributed by atoms with Crippen molar-refractivity contribution >= 4 is 5.97 Å². The Labute approximate surface area is 96.3 Å². The Kier molecular flexibility index (Phi) is 2.95. The summed E-state index contributed by atoms with van der Waals surface area (Å²) in [5.74, 6) is -0.399. The summed E-state index contributed by atoms with van der Waals surface area (Å²) >= 11 is 0. The van der Waals surface area contributed by atoms with E-state index in [1.165, 1.54) is 13.3 Å². The first kappa shape index (κ1) is 11.0. The quantitative estimate of drug-likeness (QED) is 0.766. The minimum Gasteiger partial charge on any atom is -0.465 e. The molecule has 1 heterocycles. The summed E-state index contributed by atoms with van der Waals surface area (Å²) in [6.45, 7) is 0. The van der Waals surface area contributed by atoms with E-state index in [1.54, 1.807) is 24.3 Å². The summed E-state index contributed by atoms with van der Waals surface area (Å²) in [7, 11) is 1.32. The van der Waals surface area contributed by atoms with Gasteiger partial charge in [-0.15, -0.1) is 0 Å². The number of H-pyrrole nitrogens is 1. The van der Waals surface area contributed by atoms with Crippen LogP contribution in [0, 0.1) is 0 Å². The Morgan fingerprint density at radius 1 is 1.29 bits per heavy atom. The number of rotatable bonds is 2. The molecular weight excluding hydrogens is 222 g/mol. The lowest BCUT2D eigenvalue weighted by Gasteiger charge is -2.01. The van der Waals surface area contributed by atoms with Gasteiger partial charge in [0.15, 0.2) is 0 Å². The predicted octanol–water partition coefficient (Wildman–Crippen LogP) is 0.618. The molecule has 0 saturated heterocycles. The third-order valence-electron chi connectivity index (χ3n) is 2.18. The number of nitrogens with one attached hydrogen (secondary N) is 1. The fraction of sp³-hybridized carbons (Fsp3) is 0.0909. The fourth-order valence-corrected chi connectivity index (χ4v) is 1.32. The number of carbonyl (C=O) groups excluding carboxylic acids is 1. The van der Waals surface area contributed by atoms with Crippen LogP contribution in [0.15, 0.2) is 35.3 Å². The van der Waals surface area contributed by atoms with E-state index in [4.69, 9.17) is 0 Å². The van der Waals surface area contributed by atoms with Crippen LogP contribution in [0.5, 0.6) is 0 Å². The largest absolute Gasteiger partial charge is 0.465 e. The minimum atomic E-state index is -0.500. The van der Waals surface area contributed by atoms with E-state index < -0.39 is 11.7 Å². The van der Waals surface area contributed by atoms with Crippen molar-refractivity contribution in [1.29, 1.82) is 0 Å². The van der Waals surface area contributed by atoms with Gasteiger partial charge in [0.1, 0.15) is 5.69 Å². The Balaban J connectivity index is 2.32. The highest BCUT2D eigenvalue weighted by Gasteiger charge is 2.05. The summed E-state index contributed by atoms with van der Waals surface area (Å²) in [4.78, 5) is 25.5. The summed E-state index contributed by atoms with van der Waals surface area (Å²) < 4.78 is 4.58. The summed E-state index contributed by atoms with van der Waals surface area (Å²) in [5, 5.41) is 6.07.